The summed E-state index contributed by atoms with van der Waals surface area (Å²) in [6.45, 7) is 3.32. The fourth-order valence-corrected chi connectivity index (χ4v) is 1.63. The van der Waals surface area contributed by atoms with Crippen LogP contribution < -0.4 is 5.73 Å². The van der Waals surface area contributed by atoms with E-state index in [1.54, 1.807) is 13.8 Å². The number of halogens is 6. The van der Waals surface area contributed by atoms with E-state index in [0.717, 1.165) is 12.1 Å². The molecule has 0 aliphatic rings. The predicted molar refractivity (Wildman–Crippen MR) is 63.0 cm³/mol. The molecule has 2 N–H and O–H groups in total. The number of alkyl halides is 6. The molecule has 1 nitrogen and oxygen atoms in total. The van der Waals surface area contributed by atoms with Gasteiger partial charge in [-0.25, -0.2) is 0 Å². The van der Waals surface area contributed by atoms with E-state index < -0.39 is 29.0 Å². The molecule has 0 saturated heterocycles. The van der Waals surface area contributed by atoms with E-state index in [2.05, 4.69) is 0 Å². The number of hydrogen-bond donors (Lipinski definition) is 1. The molecule has 1 rings (SSSR count). The average Bonchev–Trinajstić information content (AvgIpc) is 2.22. The molecule has 0 saturated carbocycles. The van der Waals surface area contributed by atoms with Gasteiger partial charge in [0.15, 0.2) is 0 Å². The monoisotopic (exact) mass is 299 g/mol. The van der Waals surface area contributed by atoms with Gasteiger partial charge in [0, 0.05) is 5.54 Å². The Morgan fingerprint density at radius 1 is 0.850 bits per heavy atom. The van der Waals surface area contributed by atoms with Gasteiger partial charge in [0.2, 0.25) is 0 Å². The van der Waals surface area contributed by atoms with Crippen LogP contribution in [0, 0.1) is 0 Å². The summed E-state index contributed by atoms with van der Waals surface area (Å²) in [7, 11) is 0. The highest BCUT2D eigenvalue weighted by molar-refractivity contribution is 5.33. The van der Waals surface area contributed by atoms with Crippen molar-refractivity contribution in [1.82, 2.24) is 0 Å². The quantitative estimate of drug-likeness (QED) is 0.823. The Labute approximate surface area is 112 Å². The van der Waals surface area contributed by atoms with Gasteiger partial charge in [-0.3, -0.25) is 0 Å². The lowest BCUT2D eigenvalue weighted by Crippen LogP contribution is -2.32. The maximum Gasteiger partial charge on any atom is 0.416 e. The van der Waals surface area contributed by atoms with Crippen molar-refractivity contribution in [2.45, 2.75) is 44.6 Å². The van der Waals surface area contributed by atoms with Crippen LogP contribution in [0.4, 0.5) is 26.3 Å². The fraction of sp³-hybridized carbons (Fsp3) is 0.538. The molecule has 0 heterocycles. The van der Waals surface area contributed by atoms with Crippen molar-refractivity contribution < 1.29 is 26.3 Å². The summed E-state index contributed by atoms with van der Waals surface area (Å²) in [5.74, 6) is 0. The molecule has 20 heavy (non-hydrogen) atoms. The van der Waals surface area contributed by atoms with Crippen LogP contribution in [0.2, 0.25) is 0 Å². The second-order valence-electron chi connectivity index (χ2n) is 5.40. The van der Waals surface area contributed by atoms with Crippen LogP contribution in [0.15, 0.2) is 18.2 Å². The van der Waals surface area contributed by atoms with Gasteiger partial charge in [-0.15, -0.1) is 0 Å². The molecule has 0 aliphatic carbocycles. The minimum Gasteiger partial charge on any atom is -0.326 e. The molecule has 0 amide bonds. The normalized spacial score (nSPS) is 13.7. The molecular weight excluding hydrogens is 284 g/mol. The van der Waals surface area contributed by atoms with Gasteiger partial charge in [0.1, 0.15) is 0 Å². The Morgan fingerprint density at radius 2 is 1.25 bits per heavy atom. The maximum atomic E-state index is 12.6. The summed E-state index contributed by atoms with van der Waals surface area (Å²) in [6, 6.07) is 1.60. The number of aryl methyl sites for hydroxylation is 1. The second-order valence-corrected chi connectivity index (χ2v) is 5.40. The van der Waals surface area contributed by atoms with Gasteiger partial charge in [0.25, 0.3) is 0 Å². The average molecular weight is 299 g/mol. The van der Waals surface area contributed by atoms with Crippen LogP contribution in [0.3, 0.4) is 0 Å². The van der Waals surface area contributed by atoms with Gasteiger partial charge < -0.3 is 5.73 Å². The zero-order chi connectivity index (χ0) is 15.8. The van der Waals surface area contributed by atoms with Crippen molar-refractivity contribution in [2.75, 3.05) is 0 Å². The zero-order valence-corrected chi connectivity index (χ0v) is 11.0. The van der Waals surface area contributed by atoms with Crippen molar-refractivity contribution in [1.29, 1.82) is 0 Å². The first-order chi connectivity index (χ1) is 8.79. The Bertz CT molecular complexity index is 435. The van der Waals surface area contributed by atoms with Crippen LogP contribution in [-0.2, 0) is 18.8 Å². The highest BCUT2D eigenvalue weighted by Crippen LogP contribution is 2.36. The first-order valence-electron chi connectivity index (χ1n) is 5.86. The number of nitrogens with two attached hydrogens (primary N) is 1. The molecule has 0 fully saturated rings. The van der Waals surface area contributed by atoms with Crippen molar-refractivity contribution in [3.8, 4) is 0 Å². The van der Waals surface area contributed by atoms with Gasteiger partial charge in [-0.1, -0.05) is 0 Å². The third kappa shape index (κ3) is 5.03. The standard InChI is InChI=1S/C13H15F6N/c1-11(2,20)4-3-8-5-9(12(14,15)16)7-10(6-8)13(17,18)19/h5-7H,3-4,20H2,1-2H3. The predicted octanol–water partition coefficient (Wildman–Crippen LogP) is 4.39. The van der Waals surface area contributed by atoms with Crippen molar-refractivity contribution in [3.05, 3.63) is 34.9 Å². The van der Waals surface area contributed by atoms with Crippen molar-refractivity contribution in [2.24, 2.45) is 5.73 Å². The Morgan fingerprint density at radius 3 is 1.55 bits per heavy atom. The molecule has 0 aliphatic heterocycles. The van der Waals surface area contributed by atoms with E-state index in [1.165, 1.54) is 0 Å². The van der Waals surface area contributed by atoms with Crippen molar-refractivity contribution in [3.63, 3.8) is 0 Å². The molecule has 0 atom stereocenters. The highest BCUT2D eigenvalue weighted by Gasteiger charge is 2.36. The summed E-state index contributed by atoms with van der Waals surface area (Å²) < 4.78 is 75.7. The Kier molecular flexibility index (Phi) is 4.43. The van der Waals surface area contributed by atoms with E-state index in [9.17, 15) is 26.3 Å². The largest absolute Gasteiger partial charge is 0.416 e. The molecular formula is C13H15F6N. The lowest BCUT2D eigenvalue weighted by Gasteiger charge is -2.19. The molecule has 7 heteroatoms. The number of hydrogen-bond acceptors (Lipinski definition) is 1. The van der Waals surface area contributed by atoms with Gasteiger partial charge in [-0.2, -0.15) is 26.3 Å². The fourth-order valence-electron chi connectivity index (χ4n) is 1.63. The van der Waals surface area contributed by atoms with E-state index >= 15 is 0 Å². The summed E-state index contributed by atoms with van der Waals surface area (Å²) in [6.07, 6.45) is -9.29. The van der Waals surface area contributed by atoms with E-state index in [0.29, 0.717) is 0 Å². The lowest BCUT2D eigenvalue weighted by molar-refractivity contribution is -0.143. The first kappa shape index (κ1) is 16.8. The molecule has 1 aromatic carbocycles. The Balaban J connectivity index is 3.18. The van der Waals surface area contributed by atoms with Gasteiger partial charge in [0.05, 0.1) is 11.1 Å². The molecule has 0 radical (unpaired) electrons. The van der Waals surface area contributed by atoms with E-state index in [4.69, 9.17) is 5.73 Å². The minimum absolute atomic E-state index is 0.0225. The Hall–Kier alpha value is -1.24. The third-order valence-electron chi connectivity index (χ3n) is 2.71. The van der Waals surface area contributed by atoms with Crippen LogP contribution in [-0.4, -0.2) is 5.54 Å². The summed E-state index contributed by atoms with van der Waals surface area (Å²) in [4.78, 5) is 0. The molecule has 0 spiro atoms. The van der Waals surface area contributed by atoms with Gasteiger partial charge in [-0.05, 0) is 50.5 Å². The smallest absolute Gasteiger partial charge is 0.326 e. The van der Waals surface area contributed by atoms with Crippen LogP contribution in [0.5, 0.6) is 0 Å². The lowest BCUT2D eigenvalue weighted by atomic mass is 9.94. The van der Waals surface area contributed by atoms with Crippen LogP contribution in [0.1, 0.15) is 37.0 Å². The highest BCUT2D eigenvalue weighted by atomic mass is 19.4. The van der Waals surface area contributed by atoms with Crippen LogP contribution in [0.25, 0.3) is 0 Å². The van der Waals surface area contributed by atoms with Crippen LogP contribution >= 0.6 is 0 Å². The third-order valence-corrected chi connectivity index (χ3v) is 2.71. The van der Waals surface area contributed by atoms with Gasteiger partial charge >= 0.3 is 12.4 Å². The number of benzene rings is 1. The number of rotatable bonds is 3. The molecule has 114 valence electrons. The molecule has 0 unspecified atom stereocenters. The SMILES string of the molecule is CC(C)(N)CCc1cc(C(F)(F)F)cc(C(F)(F)F)c1. The van der Waals surface area contributed by atoms with E-state index in [-0.39, 0.29) is 24.5 Å². The van der Waals surface area contributed by atoms with Crippen molar-refractivity contribution >= 4 is 0 Å². The maximum absolute atomic E-state index is 12.6. The summed E-state index contributed by atoms with van der Waals surface area (Å²) in [5.41, 5.74) is 2.42. The van der Waals surface area contributed by atoms with E-state index in [1.807, 2.05) is 0 Å². The molecule has 0 aromatic heterocycles. The molecule has 0 bridgehead atoms. The second kappa shape index (κ2) is 5.27. The summed E-state index contributed by atoms with van der Waals surface area (Å²) >= 11 is 0. The first-order valence-corrected chi connectivity index (χ1v) is 5.86. The topological polar surface area (TPSA) is 26.0 Å². The minimum atomic E-state index is -4.81. The molecule has 1 aromatic rings. The summed E-state index contributed by atoms with van der Waals surface area (Å²) in [5, 5.41) is 0. The zero-order valence-electron chi connectivity index (χ0n) is 11.0.